The average Bonchev–Trinajstić information content (AvgIpc) is 3.56. The molecule has 152 valence electrons. The zero-order valence-corrected chi connectivity index (χ0v) is 17.3. The fourth-order valence-electron chi connectivity index (χ4n) is 3.78. The van der Waals surface area contributed by atoms with Crippen molar-refractivity contribution in [2.45, 2.75) is 30.2 Å². The summed E-state index contributed by atoms with van der Waals surface area (Å²) in [5, 5.41) is 0.427. The molecule has 0 aliphatic carbocycles. The topological polar surface area (TPSA) is 75.3 Å². The van der Waals surface area contributed by atoms with E-state index in [-0.39, 0.29) is 11.2 Å². The van der Waals surface area contributed by atoms with Crippen LogP contribution in [0.3, 0.4) is 0 Å². The van der Waals surface area contributed by atoms with Crippen LogP contribution in [-0.2, 0) is 11.2 Å². The first kappa shape index (κ1) is 18.8. The number of imidazole rings is 1. The van der Waals surface area contributed by atoms with Crippen molar-refractivity contribution in [3.63, 3.8) is 0 Å². The highest BCUT2D eigenvalue weighted by Gasteiger charge is 2.31. The highest BCUT2D eigenvalue weighted by molar-refractivity contribution is 8.00. The van der Waals surface area contributed by atoms with Crippen LogP contribution in [0.1, 0.15) is 18.9 Å². The minimum Gasteiger partial charge on any atom is -0.463 e. The smallest absolute Gasteiger partial charge is 0.240 e. The molecule has 1 aromatic carbocycles. The van der Waals surface area contributed by atoms with Gasteiger partial charge in [-0.15, -0.1) is 0 Å². The number of aromatic nitrogens is 2. The zero-order valence-electron chi connectivity index (χ0n) is 16.5. The second-order valence-electron chi connectivity index (χ2n) is 7.10. The Labute approximate surface area is 178 Å². The Kier molecular flexibility index (Phi) is 4.96. The summed E-state index contributed by atoms with van der Waals surface area (Å²) < 4.78 is 11.1. The average molecular weight is 420 g/mol. The molecule has 0 spiro atoms. The molecular weight excluding hydrogens is 398 g/mol. The molecule has 1 aliphatic heterocycles. The molecule has 1 atom stereocenters. The largest absolute Gasteiger partial charge is 0.463 e. The Morgan fingerprint density at radius 1 is 1.13 bits per heavy atom. The summed E-state index contributed by atoms with van der Waals surface area (Å²) in [6, 6.07) is 15.5. The Balaban J connectivity index is 1.43. The molecule has 0 fully saturated rings. The molecule has 4 heterocycles. The van der Waals surface area contributed by atoms with Crippen molar-refractivity contribution in [2.24, 2.45) is 0 Å². The molecular formula is C23H21N3O3S. The van der Waals surface area contributed by atoms with Crippen LogP contribution >= 0.6 is 11.8 Å². The summed E-state index contributed by atoms with van der Waals surface area (Å²) in [5.74, 6) is 1.44. The van der Waals surface area contributed by atoms with E-state index in [0.29, 0.717) is 28.8 Å². The minimum absolute atomic E-state index is 0.114. The van der Waals surface area contributed by atoms with Crippen LogP contribution in [0.4, 0.5) is 5.69 Å². The van der Waals surface area contributed by atoms with E-state index in [1.165, 1.54) is 17.3 Å². The number of para-hydroxylation sites is 1. The standard InChI is InChI=1S/C23H21N3O3S/c1-2-19(22(27)26-12-11-15-7-3-4-8-16(15)26)30-23-24-20(17-9-5-13-28-17)21(25-23)18-10-6-14-29-18/h3-10,13-14,19H,2,11-12H2,1H3,(H,24,25). The number of amides is 1. The van der Waals surface area contributed by atoms with Gasteiger partial charge >= 0.3 is 0 Å². The van der Waals surface area contributed by atoms with Gasteiger partial charge in [-0.2, -0.15) is 0 Å². The molecule has 1 unspecified atom stereocenters. The lowest BCUT2D eigenvalue weighted by Crippen LogP contribution is -2.36. The van der Waals surface area contributed by atoms with E-state index in [4.69, 9.17) is 13.8 Å². The SMILES string of the molecule is CCC(Sc1nc(-c2ccco2)c(-c2ccco2)[nH]1)C(=O)N1CCc2ccccc21. The molecule has 5 rings (SSSR count). The highest BCUT2D eigenvalue weighted by atomic mass is 32.2. The van der Waals surface area contributed by atoms with Gasteiger partial charge in [0.25, 0.3) is 0 Å². The number of rotatable bonds is 6. The van der Waals surface area contributed by atoms with Crippen LogP contribution in [0.15, 0.2) is 75.0 Å². The highest BCUT2D eigenvalue weighted by Crippen LogP contribution is 2.36. The van der Waals surface area contributed by atoms with Crippen molar-refractivity contribution in [3.8, 4) is 22.9 Å². The van der Waals surface area contributed by atoms with Crippen molar-refractivity contribution >= 4 is 23.4 Å². The van der Waals surface area contributed by atoms with Gasteiger partial charge in [0.1, 0.15) is 11.4 Å². The summed E-state index contributed by atoms with van der Waals surface area (Å²) in [7, 11) is 0. The number of hydrogen-bond donors (Lipinski definition) is 1. The molecule has 1 amide bonds. The van der Waals surface area contributed by atoms with Crippen LogP contribution in [0.5, 0.6) is 0 Å². The number of benzene rings is 1. The molecule has 30 heavy (non-hydrogen) atoms. The third-order valence-corrected chi connectivity index (χ3v) is 6.49. The maximum atomic E-state index is 13.3. The van der Waals surface area contributed by atoms with E-state index in [9.17, 15) is 4.79 Å². The van der Waals surface area contributed by atoms with E-state index < -0.39 is 0 Å². The van der Waals surface area contributed by atoms with Crippen molar-refractivity contribution in [1.29, 1.82) is 0 Å². The number of fused-ring (bicyclic) bond motifs is 1. The number of carbonyl (C=O) groups excluding carboxylic acids is 1. The van der Waals surface area contributed by atoms with E-state index in [1.54, 1.807) is 12.5 Å². The van der Waals surface area contributed by atoms with Crippen LogP contribution in [0, 0.1) is 0 Å². The maximum Gasteiger partial charge on any atom is 0.240 e. The van der Waals surface area contributed by atoms with Gasteiger partial charge < -0.3 is 18.7 Å². The molecule has 0 bridgehead atoms. The first-order chi connectivity index (χ1) is 14.7. The second-order valence-corrected chi connectivity index (χ2v) is 8.29. The van der Waals surface area contributed by atoms with Gasteiger partial charge in [-0.1, -0.05) is 36.9 Å². The zero-order chi connectivity index (χ0) is 20.5. The maximum absolute atomic E-state index is 13.3. The summed E-state index contributed by atoms with van der Waals surface area (Å²) in [6.07, 6.45) is 4.84. The van der Waals surface area contributed by atoms with E-state index in [0.717, 1.165) is 24.3 Å². The Bertz CT molecular complexity index is 1100. The summed E-state index contributed by atoms with van der Waals surface area (Å²) in [4.78, 5) is 23.3. The third kappa shape index (κ3) is 3.35. The number of furan rings is 2. The van der Waals surface area contributed by atoms with Crippen LogP contribution in [-0.4, -0.2) is 27.7 Å². The van der Waals surface area contributed by atoms with Crippen LogP contribution in [0.2, 0.25) is 0 Å². The predicted molar refractivity (Wildman–Crippen MR) is 116 cm³/mol. The molecule has 1 N–H and O–H groups in total. The minimum atomic E-state index is -0.240. The lowest BCUT2D eigenvalue weighted by molar-refractivity contribution is -0.118. The Morgan fingerprint density at radius 3 is 2.63 bits per heavy atom. The number of hydrogen-bond acceptors (Lipinski definition) is 5. The van der Waals surface area contributed by atoms with Crippen molar-refractivity contribution in [1.82, 2.24) is 9.97 Å². The number of nitrogens with zero attached hydrogens (tertiary/aromatic N) is 2. The molecule has 6 nitrogen and oxygen atoms in total. The monoisotopic (exact) mass is 419 g/mol. The summed E-state index contributed by atoms with van der Waals surface area (Å²) >= 11 is 1.45. The van der Waals surface area contributed by atoms with Crippen LogP contribution in [0.25, 0.3) is 22.9 Å². The van der Waals surface area contributed by atoms with Gasteiger partial charge in [0.15, 0.2) is 16.7 Å². The lowest BCUT2D eigenvalue weighted by atomic mass is 10.2. The Hall–Kier alpha value is -3.19. The molecule has 4 aromatic rings. The quantitative estimate of drug-likeness (QED) is 0.424. The molecule has 1 aliphatic rings. The van der Waals surface area contributed by atoms with Gasteiger partial charge in [0.2, 0.25) is 5.91 Å². The molecule has 0 saturated carbocycles. The molecule has 7 heteroatoms. The van der Waals surface area contributed by atoms with Crippen molar-refractivity contribution in [2.75, 3.05) is 11.4 Å². The third-order valence-electron chi connectivity index (χ3n) is 5.26. The first-order valence-electron chi connectivity index (χ1n) is 9.98. The normalized spacial score (nSPS) is 14.1. The number of H-pyrrole nitrogens is 1. The number of carbonyl (C=O) groups is 1. The van der Waals surface area contributed by atoms with E-state index in [1.807, 2.05) is 54.3 Å². The van der Waals surface area contributed by atoms with Gasteiger partial charge in [0.05, 0.1) is 17.8 Å². The van der Waals surface area contributed by atoms with Crippen LogP contribution < -0.4 is 4.90 Å². The fraction of sp³-hybridized carbons (Fsp3) is 0.217. The van der Waals surface area contributed by atoms with Crippen molar-refractivity contribution in [3.05, 3.63) is 66.6 Å². The fourth-order valence-corrected chi connectivity index (χ4v) is 4.75. The van der Waals surface area contributed by atoms with E-state index >= 15 is 0 Å². The number of aromatic amines is 1. The first-order valence-corrected chi connectivity index (χ1v) is 10.9. The number of thioether (sulfide) groups is 1. The molecule has 3 aromatic heterocycles. The molecule has 0 radical (unpaired) electrons. The second kappa shape index (κ2) is 7.91. The number of nitrogens with one attached hydrogen (secondary N) is 1. The number of anilines is 1. The molecule has 0 saturated heterocycles. The van der Waals surface area contributed by atoms with Gasteiger partial charge in [0, 0.05) is 12.2 Å². The van der Waals surface area contributed by atoms with E-state index in [2.05, 4.69) is 11.1 Å². The summed E-state index contributed by atoms with van der Waals surface area (Å²) in [6.45, 7) is 2.75. The predicted octanol–water partition coefficient (Wildman–Crippen LogP) is 5.39. The van der Waals surface area contributed by atoms with Crippen molar-refractivity contribution < 1.29 is 13.6 Å². The summed E-state index contributed by atoms with van der Waals surface area (Å²) in [5.41, 5.74) is 3.66. The Morgan fingerprint density at radius 2 is 1.90 bits per heavy atom. The van der Waals surface area contributed by atoms with Gasteiger partial charge in [-0.05, 0) is 48.7 Å². The van der Waals surface area contributed by atoms with Gasteiger partial charge in [-0.3, -0.25) is 4.79 Å². The lowest BCUT2D eigenvalue weighted by Gasteiger charge is -2.22. The van der Waals surface area contributed by atoms with Gasteiger partial charge in [-0.25, -0.2) is 4.98 Å².